The fraction of sp³-hybridized carbons (Fsp3) is 0.600. The van der Waals surface area contributed by atoms with E-state index in [9.17, 15) is 0 Å². The van der Waals surface area contributed by atoms with Crippen molar-refractivity contribution < 1.29 is 0 Å². The summed E-state index contributed by atoms with van der Waals surface area (Å²) in [6.07, 6.45) is 7.02. The predicted octanol–water partition coefficient (Wildman–Crippen LogP) is 3.62. The van der Waals surface area contributed by atoms with Gasteiger partial charge in [-0.15, -0.1) is 0 Å². The van der Waals surface area contributed by atoms with Gasteiger partial charge in [-0.2, -0.15) is 0 Å². The van der Waals surface area contributed by atoms with Crippen LogP contribution in [0.1, 0.15) is 39.5 Å². The largest absolute Gasteiger partial charge is 0.260 e. The first-order valence-corrected chi connectivity index (χ1v) is 5.45. The van der Waals surface area contributed by atoms with Gasteiger partial charge in [-0.05, 0) is 25.2 Å². The highest BCUT2D eigenvalue weighted by atomic mass is 32.2. The smallest absolute Gasteiger partial charge is 0.0471 e. The second-order valence-corrected chi connectivity index (χ2v) is 4.00. The number of hydrogen-bond donors (Lipinski definition) is 0. The van der Waals surface area contributed by atoms with Crippen LogP contribution in [0.5, 0.6) is 0 Å². The molecule has 0 atom stereocenters. The Morgan fingerprint density at radius 2 is 2.25 bits per heavy atom. The van der Waals surface area contributed by atoms with Crippen molar-refractivity contribution in [3.63, 3.8) is 0 Å². The van der Waals surface area contributed by atoms with E-state index in [1.807, 2.05) is 18.0 Å². The van der Waals surface area contributed by atoms with E-state index in [1.54, 1.807) is 0 Å². The predicted molar refractivity (Wildman–Crippen MR) is 55.7 cm³/mol. The summed E-state index contributed by atoms with van der Waals surface area (Å²) in [5.74, 6) is 0. The van der Waals surface area contributed by atoms with Gasteiger partial charge >= 0.3 is 0 Å². The van der Waals surface area contributed by atoms with E-state index in [2.05, 4.69) is 24.6 Å². The molecule has 0 aromatic rings. The van der Waals surface area contributed by atoms with Gasteiger partial charge in [-0.1, -0.05) is 31.5 Å². The van der Waals surface area contributed by atoms with Crippen LogP contribution in [0.4, 0.5) is 0 Å². The van der Waals surface area contributed by atoms with Crippen LogP contribution in [0.15, 0.2) is 22.2 Å². The number of nitrogens with zero attached hydrogens (tertiary/aromatic N) is 1. The number of unbranched alkanes of at least 4 members (excludes halogenated alkanes) is 2. The molecule has 1 radical (unpaired) electrons. The average molecular weight is 182 g/mol. The van der Waals surface area contributed by atoms with Crippen LogP contribution in [0.3, 0.4) is 0 Å². The van der Waals surface area contributed by atoms with Crippen LogP contribution in [0.25, 0.3) is 0 Å². The van der Waals surface area contributed by atoms with E-state index in [-0.39, 0.29) is 0 Å². The molecule has 67 valence electrons. The van der Waals surface area contributed by atoms with Gasteiger partial charge in [-0.3, -0.25) is 5.32 Å². The van der Waals surface area contributed by atoms with Gasteiger partial charge in [0.25, 0.3) is 0 Å². The Morgan fingerprint density at radius 1 is 1.42 bits per heavy atom. The van der Waals surface area contributed by atoms with Crippen LogP contribution in [0, 0.1) is 0 Å². The van der Waals surface area contributed by atoms with E-state index >= 15 is 0 Å². The lowest BCUT2D eigenvalue weighted by Gasteiger charge is -2.11. The third kappa shape index (κ3) is 2.94. The SMILES string of the molecule is CCCCCC1=C(C)[N]C=CS1. The summed E-state index contributed by atoms with van der Waals surface area (Å²) in [7, 11) is 0. The molecule has 0 N–H and O–H groups in total. The molecule has 0 amide bonds. The van der Waals surface area contributed by atoms with Crippen molar-refractivity contribution in [3.05, 3.63) is 22.2 Å². The average Bonchev–Trinajstić information content (AvgIpc) is 2.09. The molecule has 1 rings (SSSR count). The van der Waals surface area contributed by atoms with Crippen molar-refractivity contribution in [2.75, 3.05) is 0 Å². The zero-order valence-electron chi connectivity index (χ0n) is 7.84. The van der Waals surface area contributed by atoms with Crippen LogP contribution in [0.2, 0.25) is 0 Å². The van der Waals surface area contributed by atoms with Gasteiger partial charge in [0.15, 0.2) is 0 Å². The number of rotatable bonds is 4. The van der Waals surface area contributed by atoms with Gasteiger partial charge in [-0.25, -0.2) is 0 Å². The molecule has 1 nitrogen and oxygen atoms in total. The second kappa shape index (κ2) is 5.31. The van der Waals surface area contributed by atoms with Crippen molar-refractivity contribution in [1.29, 1.82) is 0 Å². The van der Waals surface area contributed by atoms with Crippen molar-refractivity contribution in [1.82, 2.24) is 5.32 Å². The summed E-state index contributed by atoms with van der Waals surface area (Å²) >= 11 is 1.83. The minimum Gasteiger partial charge on any atom is -0.260 e. The van der Waals surface area contributed by atoms with Gasteiger partial charge < -0.3 is 0 Å². The zero-order chi connectivity index (χ0) is 8.81. The molecule has 0 spiro atoms. The molecule has 0 bridgehead atoms. The first-order chi connectivity index (χ1) is 5.84. The molecule has 2 heteroatoms. The summed E-state index contributed by atoms with van der Waals surface area (Å²) in [6.45, 7) is 4.33. The quantitative estimate of drug-likeness (QED) is 0.606. The monoisotopic (exact) mass is 182 g/mol. The Labute approximate surface area is 79.3 Å². The van der Waals surface area contributed by atoms with Crippen LogP contribution >= 0.6 is 11.8 Å². The Hall–Kier alpha value is -0.370. The maximum atomic E-state index is 4.27. The molecule has 1 aliphatic heterocycles. The van der Waals surface area contributed by atoms with E-state index < -0.39 is 0 Å². The van der Waals surface area contributed by atoms with Crippen molar-refractivity contribution >= 4 is 11.8 Å². The first-order valence-electron chi connectivity index (χ1n) is 4.57. The van der Waals surface area contributed by atoms with Gasteiger partial charge in [0.1, 0.15) is 0 Å². The number of allylic oxidation sites excluding steroid dienone is 2. The lowest BCUT2D eigenvalue weighted by atomic mass is 10.2. The highest BCUT2D eigenvalue weighted by Gasteiger charge is 2.05. The highest BCUT2D eigenvalue weighted by Crippen LogP contribution is 2.28. The lowest BCUT2D eigenvalue weighted by molar-refractivity contribution is 0.720. The molecule has 0 saturated carbocycles. The molecular formula is C10H16NS. The topological polar surface area (TPSA) is 14.1 Å². The van der Waals surface area contributed by atoms with Crippen LogP contribution < -0.4 is 5.32 Å². The lowest BCUT2D eigenvalue weighted by Crippen LogP contribution is -1.99. The molecule has 0 fully saturated rings. The third-order valence-electron chi connectivity index (χ3n) is 1.95. The van der Waals surface area contributed by atoms with Gasteiger partial charge in [0.2, 0.25) is 0 Å². The van der Waals surface area contributed by atoms with Crippen molar-refractivity contribution in [2.45, 2.75) is 39.5 Å². The zero-order valence-corrected chi connectivity index (χ0v) is 8.66. The summed E-state index contributed by atoms with van der Waals surface area (Å²) in [4.78, 5) is 1.45. The molecule has 12 heavy (non-hydrogen) atoms. The van der Waals surface area contributed by atoms with Crippen LogP contribution in [-0.4, -0.2) is 0 Å². The Kier molecular flexibility index (Phi) is 4.30. The van der Waals surface area contributed by atoms with Gasteiger partial charge in [0.05, 0.1) is 0 Å². The van der Waals surface area contributed by atoms with Crippen molar-refractivity contribution in [3.8, 4) is 0 Å². The van der Waals surface area contributed by atoms with E-state index in [4.69, 9.17) is 0 Å². The Balaban J connectivity index is 2.30. The number of hydrogen-bond acceptors (Lipinski definition) is 1. The molecule has 0 saturated heterocycles. The molecule has 0 aromatic heterocycles. The fourth-order valence-corrected chi connectivity index (χ4v) is 1.96. The second-order valence-electron chi connectivity index (χ2n) is 3.00. The maximum Gasteiger partial charge on any atom is 0.0471 e. The first kappa shape index (κ1) is 9.72. The summed E-state index contributed by atoms with van der Waals surface area (Å²) in [5.41, 5.74) is 1.21. The highest BCUT2D eigenvalue weighted by molar-refractivity contribution is 8.05. The van der Waals surface area contributed by atoms with E-state index in [0.717, 1.165) is 0 Å². The summed E-state index contributed by atoms with van der Waals surface area (Å²) in [6, 6.07) is 0. The third-order valence-corrected chi connectivity index (χ3v) is 2.99. The minimum absolute atomic E-state index is 1.21. The summed E-state index contributed by atoms with van der Waals surface area (Å²) in [5, 5.41) is 6.33. The summed E-state index contributed by atoms with van der Waals surface area (Å²) < 4.78 is 0. The molecule has 0 aromatic carbocycles. The van der Waals surface area contributed by atoms with Crippen LogP contribution in [-0.2, 0) is 0 Å². The molecule has 0 aliphatic carbocycles. The normalized spacial score (nSPS) is 16.5. The van der Waals surface area contributed by atoms with E-state index in [0.29, 0.717) is 0 Å². The standard InChI is InChI=1S/C10H16NS/c1-3-4-5-6-10-9(2)11-7-8-12-10/h7-8H,3-6H2,1-2H3. The van der Waals surface area contributed by atoms with Gasteiger partial charge in [0, 0.05) is 16.8 Å². The number of thioether (sulfide) groups is 1. The Morgan fingerprint density at radius 3 is 2.92 bits per heavy atom. The molecule has 1 heterocycles. The van der Waals surface area contributed by atoms with E-state index in [1.165, 1.54) is 36.3 Å². The minimum atomic E-state index is 1.21. The fourth-order valence-electron chi connectivity index (χ4n) is 1.19. The maximum absolute atomic E-state index is 4.27. The molecular weight excluding hydrogens is 166 g/mol. The molecule has 1 aliphatic rings. The molecule has 0 unspecified atom stereocenters. The van der Waals surface area contributed by atoms with Crippen molar-refractivity contribution in [2.24, 2.45) is 0 Å². The Bertz CT molecular complexity index is 194.